The summed E-state index contributed by atoms with van der Waals surface area (Å²) in [6, 6.07) is 7.71. The van der Waals surface area contributed by atoms with Crippen molar-refractivity contribution in [2.75, 3.05) is 0 Å². The summed E-state index contributed by atoms with van der Waals surface area (Å²) in [5.41, 5.74) is 1.99. The Bertz CT molecular complexity index is 637. The molecule has 5 heteroatoms. The summed E-state index contributed by atoms with van der Waals surface area (Å²) in [5, 5.41) is 10.4. The number of aryl methyl sites for hydroxylation is 1. The fourth-order valence-corrected chi connectivity index (χ4v) is 1.96. The van der Waals surface area contributed by atoms with Crippen molar-refractivity contribution >= 4 is 0 Å². The van der Waals surface area contributed by atoms with Crippen molar-refractivity contribution < 1.29 is 8.83 Å². The molecule has 3 rings (SSSR count). The zero-order chi connectivity index (χ0) is 13.1. The van der Waals surface area contributed by atoms with Gasteiger partial charge in [0.05, 0.1) is 19.0 Å². The lowest BCUT2D eigenvalue weighted by Crippen LogP contribution is -2.12. The summed E-state index contributed by atoms with van der Waals surface area (Å²) in [6.07, 6.45) is 3.48. The number of H-pyrrole nitrogens is 1. The van der Waals surface area contributed by atoms with Crippen LogP contribution in [0, 0.1) is 6.92 Å². The molecule has 0 atom stereocenters. The Labute approximate surface area is 110 Å². The van der Waals surface area contributed by atoms with E-state index in [2.05, 4.69) is 15.5 Å². The molecule has 0 aliphatic rings. The summed E-state index contributed by atoms with van der Waals surface area (Å²) in [5.74, 6) is 2.61. The van der Waals surface area contributed by atoms with Gasteiger partial charge in [-0.1, -0.05) is 0 Å². The Morgan fingerprint density at radius 3 is 2.95 bits per heavy atom. The average molecular weight is 257 g/mol. The summed E-state index contributed by atoms with van der Waals surface area (Å²) in [4.78, 5) is 0. The first-order chi connectivity index (χ1) is 9.33. The van der Waals surface area contributed by atoms with Crippen molar-refractivity contribution in [2.45, 2.75) is 20.0 Å². The SMILES string of the molecule is Cc1ccc(-c2[nH]ncc2CNCc2ccco2)o1. The topological polar surface area (TPSA) is 67.0 Å². The average Bonchev–Trinajstić information content (AvgIpc) is 3.10. The van der Waals surface area contributed by atoms with Crippen LogP contribution < -0.4 is 5.32 Å². The molecule has 0 saturated heterocycles. The van der Waals surface area contributed by atoms with Crippen molar-refractivity contribution in [3.05, 3.63) is 53.8 Å². The van der Waals surface area contributed by atoms with Gasteiger partial charge >= 0.3 is 0 Å². The van der Waals surface area contributed by atoms with Gasteiger partial charge < -0.3 is 14.2 Å². The number of hydrogen-bond acceptors (Lipinski definition) is 4. The number of aromatic amines is 1. The van der Waals surface area contributed by atoms with E-state index in [4.69, 9.17) is 8.83 Å². The summed E-state index contributed by atoms with van der Waals surface area (Å²) >= 11 is 0. The second-order valence-electron chi connectivity index (χ2n) is 4.36. The van der Waals surface area contributed by atoms with E-state index < -0.39 is 0 Å². The molecule has 0 radical (unpaired) electrons. The van der Waals surface area contributed by atoms with Gasteiger partial charge in [-0.25, -0.2) is 0 Å². The third kappa shape index (κ3) is 2.61. The van der Waals surface area contributed by atoms with Gasteiger partial charge in [0.25, 0.3) is 0 Å². The lowest BCUT2D eigenvalue weighted by molar-refractivity contribution is 0.483. The predicted octanol–water partition coefficient (Wildman–Crippen LogP) is 2.86. The van der Waals surface area contributed by atoms with E-state index in [1.54, 1.807) is 6.26 Å². The molecular weight excluding hydrogens is 242 g/mol. The van der Waals surface area contributed by atoms with Gasteiger partial charge in [0.2, 0.25) is 0 Å². The largest absolute Gasteiger partial charge is 0.468 e. The first kappa shape index (κ1) is 11.8. The number of rotatable bonds is 5. The maximum absolute atomic E-state index is 5.60. The second kappa shape index (κ2) is 5.16. The molecular formula is C14H15N3O2. The normalized spacial score (nSPS) is 11.0. The molecule has 3 aromatic rings. The van der Waals surface area contributed by atoms with Crippen molar-refractivity contribution in [3.63, 3.8) is 0 Å². The minimum absolute atomic E-state index is 0.689. The molecule has 0 aliphatic heterocycles. The zero-order valence-corrected chi connectivity index (χ0v) is 10.6. The number of nitrogens with one attached hydrogen (secondary N) is 2. The fourth-order valence-electron chi connectivity index (χ4n) is 1.96. The standard InChI is InChI=1S/C14H15N3O2/c1-10-4-5-13(19-10)14-11(8-16-17-14)7-15-9-12-3-2-6-18-12/h2-6,8,15H,7,9H2,1H3,(H,16,17). The molecule has 0 aromatic carbocycles. The van der Waals surface area contributed by atoms with Crippen molar-refractivity contribution in [2.24, 2.45) is 0 Å². The molecule has 0 bridgehead atoms. The number of furan rings is 2. The molecule has 5 nitrogen and oxygen atoms in total. The maximum Gasteiger partial charge on any atom is 0.152 e. The molecule has 0 amide bonds. The highest BCUT2D eigenvalue weighted by molar-refractivity contribution is 5.56. The smallest absolute Gasteiger partial charge is 0.152 e. The number of aromatic nitrogens is 2. The van der Waals surface area contributed by atoms with E-state index in [0.29, 0.717) is 13.1 Å². The van der Waals surface area contributed by atoms with Gasteiger partial charge in [-0.2, -0.15) is 5.10 Å². The van der Waals surface area contributed by atoms with Gasteiger partial charge in [0.1, 0.15) is 17.2 Å². The van der Waals surface area contributed by atoms with Crippen LogP contribution in [0.3, 0.4) is 0 Å². The Kier molecular flexibility index (Phi) is 3.20. The van der Waals surface area contributed by atoms with E-state index in [0.717, 1.165) is 28.5 Å². The van der Waals surface area contributed by atoms with Crippen LogP contribution in [0.2, 0.25) is 0 Å². The molecule has 3 aromatic heterocycles. The monoisotopic (exact) mass is 257 g/mol. The zero-order valence-electron chi connectivity index (χ0n) is 10.6. The third-order valence-corrected chi connectivity index (χ3v) is 2.90. The van der Waals surface area contributed by atoms with Crippen LogP contribution in [0.15, 0.2) is 45.6 Å². The molecule has 0 spiro atoms. The summed E-state index contributed by atoms with van der Waals surface area (Å²) in [6.45, 7) is 3.32. The third-order valence-electron chi connectivity index (χ3n) is 2.90. The van der Waals surface area contributed by atoms with Crippen LogP contribution in [-0.4, -0.2) is 10.2 Å². The van der Waals surface area contributed by atoms with E-state index in [-0.39, 0.29) is 0 Å². The van der Waals surface area contributed by atoms with Crippen LogP contribution in [-0.2, 0) is 13.1 Å². The van der Waals surface area contributed by atoms with Gasteiger partial charge in [0, 0.05) is 12.1 Å². The van der Waals surface area contributed by atoms with Crippen LogP contribution in [0.1, 0.15) is 17.1 Å². The molecule has 0 aliphatic carbocycles. The molecule has 3 heterocycles. The Morgan fingerprint density at radius 2 is 2.21 bits per heavy atom. The fraction of sp³-hybridized carbons (Fsp3) is 0.214. The van der Waals surface area contributed by atoms with Crippen LogP contribution in [0.4, 0.5) is 0 Å². The Hall–Kier alpha value is -2.27. The van der Waals surface area contributed by atoms with E-state index >= 15 is 0 Å². The highest BCUT2D eigenvalue weighted by Crippen LogP contribution is 2.23. The summed E-state index contributed by atoms with van der Waals surface area (Å²) in [7, 11) is 0. The number of nitrogens with zero attached hydrogens (tertiary/aromatic N) is 1. The minimum Gasteiger partial charge on any atom is -0.468 e. The molecule has 98 valence electrons. The molecule has 19 heavy (non-hydrogen) atoms. The van der Waals surface area contributed by atoms with E-state index in [1.807, 2.05) is 37.4 Å². The van der Waals surface area contributed by atoms with Gasteiger partial charge in [0.15, 0.2) is 5.76 Å². The maximum atomic E-state index is 5.60. The Morgan fingerprint density at radius 1 is 1.26 bits per heavy atom. The van der Waals surface area contributed by atoms with Crippen LogP contribution >= 0.6 is 0 Å². The Balaban J connectivity index is 1.67. The molecule has 0 fully saturated rings. The molecule has 0 unspecified atom stereocenters. The van der Waals surface area contributed by atoms with Crippen molar-refractivity contribution in [1.82, 2.24) is 15.5 Å². The summed E-state index contributed by atoms with van der Waals surface area (Å²) < 4.78 is 10.9. The van der Waals surface area contributed by atoms with Crippen molar-refractivity contribution in [3.8, 4) is 11.5 Å². The molecule has 2 N–H and O–H groups in total. The first-order valence-corrected chi connectivity index (χ1v) is 6.15. The lowest BCUT2D eigenvalue weighted by atomic mass is 10.2. The van der Waals surface area contributed by atoms with Crippen molar-refractivity contribution in [1.29, 1.82) is 0 Å². The van der Waals surface area contributed by atoms with Crippen LogP contribution in [0.5, 0.6) is 0 Å². The van der Waals surface area contributed by atoms with Gasteiger partial charge in [-0.05, 0) is 31.2 Å². The lowest BCUT2D eigenvalue weighted by Gasteiger charge is -2.02. The van der Waals surface area contributed by atoms with Gasteiger partial charge in [-0.15, -0.1) is 0 Å². The highest BCUT2D eigenvalue weighted by atomic mass is 16.3. The number of hydrogen-bond donors (Lipinski definition) is 2. The predicted molar refractivity (Wildman–Crippen MR) is 70.3 cm³/mol. The van der Waals surface area contributed by atoms with Gasteiger partial charge in [-0.3, -0.25) is 5.10 Å². The first-order valence-electron chi connectivity index (χ1n) is 6.15. The quantitative estimate of drug-likeness (QED) is 0.737. The highest BCUT2D eigenvalue weighted by Gasteiger charge is 2.10. The minimum atomic E-state index is 0.689. The second-order valence-corrected chi connectivity index (χ2v) is 4.36. The van der Waals surface area contributed by atoms with Crippen LogP contribution in [0.25, 0.3) is 11.5 Å². The van der Waals surface area contributed by atoms with E-state index in [9.17, 15) is 0 Å². The molecule has 0 saturated carbocycles. The van der Waals surface area contributed by atoms with E-state index in [1.165, 1.54) is 0 Å².